The highest BCUT2D eigenvalue weighted by Crippen LogP contribution is 2.15. The monoisotopic (exact) mass is 594 g/mol. The fourth-order valence-corrected chi connectivity index (χ4v) is 6.71. The zero-order valence-corrected chi connectivity index (χ0v) is 29.1. The summed E-state index contributed by atoms with van der Waals surface area (Å²) in [4.78, 5) is 0. The number of aromatic nitrogens is 2. The molecule has 2 aromatic rings. The minimum atomic E-state index is 1.15. The Morgan fingerprint density at radius 2 is 0.907 bits per heavy atom. The Morgan fingerprint density at radius 1 is 0.465 bits per heavy atom. The molecule has 0 saturated carbocycles. The van der Waals surface area contributed by atoms with Crippen molar-refractivity contribution < 1.29 is 4.57 Å². The Kier molecular flexibility index (Phi) is 24.4. The summed E-state index contributed by atoms with van der Waals surface area (Å²) in [6, 6.07) is 11.0. The van der Waals surface area contributed by atoms with Crippen molar-refractivity contribution in [3.8, 4) is 0 Å². The van der Waals surface area contributed by atoms with Gasteiger partial charge in [-0.05, 0) is 37.7 Å². The third kappa shape index (κ3) is 20.2. The molecule has 2 rings (SSSR count). The summed E-state index contributed by atoms with van der Waals surface area (Å²) >= 11 is 0. The standard InChI is InChI=1S/C41H73N2/c1-3-5-7-9-11-13-15-17-18-20-22-24-29-35-41-42(36-30-25-23-21-19-16-14-12-10-8-6-4-2)38-39-43(41)37-31-34-40-32-27-26-28-33-40/h26-28,32-33,38-39H,3-25,29-31,34-37H2,1-2H3/q+1. The van der Waals surface area contributed by atoms with Crippen LogP contribution in [-0.2, 0) is 25.9 Å². The van der Waals surface area contributed by atoms with Crippen molar-refractivity contribution in [2.75, 3.05) is 0 Å². The highest BCUT2D eigenvalue weighted by Gasteiger charge is 2.16. The molecule has 0 aliphatic heterocycles. The van der Waals surface area contributed by atoms with Crippen LogP contribution < -0.4 is 4.57 Å². The second kappa shape index (κ2) is 27.9. The molecule has 0 unspecified atom stereocenters. The van der Waals surface area contributed by atoms with E-state index >= 15 is 0 Å². The molecule has 1 heterocycles. The molecule has 1 aromatic heterocycles. The summed E-state index contributed by atoms with van der Waals surface area (Å²) in [5.74, 6) is 1.58. The third-order valence-electron chi connectivity index (χ3n) is 9.55. The summed E-state index contributed by atoms with van der Waals surface area (Å²) in [5.41, 5.74) is 1.47. The fourth-order valence-electron chi connectivity index (χ4n) is 6.71. The predicted molar refractivity (Wildman–Crippen MR) is 190 cm³/mol. The molecule has 0 radical (unpaired) electrons. The van der Waals surface area contributed by atoms with Gasteiger partial charge in [-0.15, -0.1) is 0 Å². The molecule has 2 heteroatoms. The van der Waals surface area contributed by atoms with Crippen molar-refractivity contribution in [1.82, 2.24) is 4.57 Å². The molecule has 0 spiro atoms. The van der Waals surface area contributed by atoms with Gasteiger partial charge in [0.15, 0.2) is 0 Å². The molecule has 43 heavy (non-hydrogen) atoms. The first-order valence-electron chi connectivity index (χ1n) is 19.5. The average molecular weight is 594 g/mol. The van der Waals surface area contributed by atoms with Gasteiger partial charge in [0.05, 0.1) is 13.1 Å². The average Bonchev–Trinajstić information content (AvgIpc) is 3.41. The number of aryl methyl sites for hydroxylation is 3. The SMILES string of the molecule is CCCCCCCCCCCCCCCc1n(CCCCCCCCCCCCCC)cc[n+]1CCCc1ccccc1. The van der Waals surface area contributed by atoms with Crippen LogP contribution in [0.4, 0.5) is 0 Å². The summed E-state index contributed by atoms with van der Waals surface area (Å²) < 4.78 is 5.20. The van der Waals surface area contributed by atoms with Gasteiger partial charge in [-0.25, -0.2) is 9.13 Å². The molecular weight excluding hydrogens is 520 g/mol. The molecule has 0 fully saturated rings. The molecule has 0 aliphatic rings. The molecule has 2 nitrogen and oxygen atoms in total. The van der Waals surface area contributed by atoms with Crippen LogP contribution in [0.25, 0.3) is 0 Å². The smallest absolute Gasteiger partial charge is 0.234 e. The maximum absolute atomic E-state index is 2.61. The lowest BCUT2D eigenvalue weighted by atomic mass is 10.0. The molecule has 1 aromatic carbocycles. The van der Waals surface area contributed by atoms with E-state index in [2.05, 4.69) is 65.7 Å². The number of rotatable bonds is 31. The van der Waals surface area contributed by atoms with Crippen molar-refractivity contribution >= 4 is 0 Å². The number of imidazole rings is 1. The van der Waals surface area contributed by atoms with Crippen molar-refractivity contribution in [2.45, 2.75) is 207 Å². The second-order valence-electron chi connectivity index (χ2n) is 13.6. The van der Waals surface area contributed by atoms with E-state index in [9.17, 15) is 0 Å². The van der Waals surface area contributed by atoms with E-state index in [1.165, 1.54) is 192 Å². The number of unbranched alkanes of at least 4 members (excludes halogenated alkanes) is 23. The van der Waals surface area contributed by atoms with Crippen LogP contribution in [0.3, 0.4) is 0 Å². The van der Waals surface area contributed by atoms with Gasteiger partial charge in [0, 0.05) is 6.42 Å². The minimum absolute atomic E-state index is 1.15. The van der Waals surface area contributed by atoms with E-state index < -0.39 is 0 Å². The van der Waals surface area contributed by atoms with Crippen LogP contribution in [0.15, 0.2) is 42.7 Å². The van der Waals surface area contributed by atoms with Gasteiger partial charge in [0.1, 0.15) is 12.4 Å². The molecule has 0 amide bonds. The molecule has 0 bridgehead atoms. The Hall–Kier alpha value is -1.57. The first kappa shape index (κ1) is 37.6. The molecule has 0 N–H and O–H groups in total. The zero-order valence-electron chi connectivity index (χ0n) is 29.1. The fraction of sp³-hybridized carbons (Fsp3) is 0.780. The van der Waals surface area contributed by atoms with Gasteiger partial charge in [-0.1, -0.05) is 185 Å². The van der Waals surface area contributed by atoms with Gasteiger partial charge >= 0.3 is 0 Å². The van der Waals surface area contributed by atoms with Gasteiger partial charge in [0.2, 0.25) is 0 Å². The Morgan fingerprint density at radius 3 is 1.40 bits per heavy atom. The van der Waals surface area contributed by atoms with Crippen LogP contribution in [0, 0.1) is 0 Å². The molecule has 0 aliphatic carbocycles. The highest BCUT2D eigenvalue weighted by atomic mass is 15.1. The topological polar surface area (TPSA) is 8.81 Å². The first-order valence-corrected chi connectivity index (χ1v) is 19.5. The first-order chi connectivity index (χ1) is 21.3. The summed E-state index contributed by atoms with van der Waals surface area (Å²) in [6.07, 6.45) is 44.1. The molecule has 246 valence electrons. The normalized spacial score (nSPS) is 11.5. The highest BCUT2D eigenvalue weighted by molar-refractivity contribution is 5.14. The predicted octanol–water partition coefficient (Wildman–Crippen LogP) is 12.7. The molecule has 0 atom stereocenters. The van der Waals surface area contributed by atoms with Crippen molar-refractivity contribution in [3.63, 3.8) is 0 Å². The minimum Gasteiger partial charge on any atom is -0.234 e. The van der Waals surface area contributed by atoms with E-state index in [0.29, 0.717) is 0 Å². The van der Waals surface area contributed by atoms with Crippen molar-refractivity contribution in [2.24, 2.45) is 0 Å². The van der Waals surface area contributed by atoms with E-state index in [0.717, 1.165) is 6.54 Å². The van der Waals surface area contributed by atoms with Crippen LogP contribution in [0.5, 0.6) is 0 Å². The number of hydrogen-bond donors (Lipinski definition) is 0. The van der Waals surface area contributed by atoms with Gasteiger partial charge in [-0.3, -0.25) is 0 Å². The number of benzene rings is 1. The van der Waals surface area contributed by atoms with E-state index in [4.69, 9.17) is 0 Å². The zero-order chi connectivity index (χ0) is 30.5. The van der Waals surface area contributed by atoms with E-state index in [-0.39, 0.29) is 0 Å². The van der Waals surface area contributed by atoms with Crippen molar-refractivity contribution in [3.05, 3.63) is 54.1 Å². The van der Waals surface area contributed by atoms with Crippen molar-refractivity contribution in [1.29, 1.82) is 0 Å². The maximum Gasteiger partial charge on any atom is 0.256 e. The Labute approximate surface area is 269 Å². The Bertz CT molecular complexity index is 839. The van der Waals surface area contributed by atoms with Gasteiger partial charge in [-0.2, -0.15) is 0 Å². The molecule has 0 saturated heterocycles. The van der Waals surface area contributed by atoms with Crippen LogP contribution in [0.2, 0.25) is 0 Å². The van der Waals surface area contributed by atoms with Gasteiger partial charge < -0.3 is 0 Å². The van der Waals surface area contributed by atoms with Gasteiger partial charge in [0.25, 0.3) is 5.82 Å². The maximum atomic E-state index is 2.61. The van der Waals surface area contributed by atoms with E-state index in [1.807, 2.05) is 0 Å². The lowest BCUT2D eigenvalue weighted by Gasteiger charge is -2.07. The van der Waals surface area contributed by atoms with Crippen LogP contribution in [-0.4, -0.2) is 4.57 Å². The van der Waals surface area contributed by atoms with E-state index in [1.54, 1.807) is 5.82 Å². The summed E-state index contributed by atoms with van der Waals surface area (Å²) in [7, 11) is 0. The van der Waals surface area contributed by atoms with Crippen LogP contribution >= 0.6 is 0 Å². The largest absolute Gasteiger partial charge is 0.256 e. The second-order valence-corrected chi connectivity index (χ2v) is 13.6. The number of nitrogens with zero attached hydrogens (tertiary/aromatic N) is 2. The van der Waals surface area contributed by atoms with Crippen LogP contribution in [0.1, 0.15) is 192 Å². The number of hydrogen-bond acceptors (Lipinski definition) is 0. The lowest BCUT2D eigenvalue weighted by molar-refractivity contribution is -0.704. The third-order valence-corrected chi connectivity index (χ3v) is 9.55. The Balaban J connectivity index is 1.63. The molecular formula is C41H73N2+. The summed E-state index contributed by atoms with van der Waals surface area (Å²) in [6.45, 7) is 6.97. The lowest BCUT2D eigenvalue weighted by Crippen LogP contribution is -2.37. The quantitative estimate of drug-likeness (QED) is 0.0607. The summed E-state index contributed by atoms with van der Waals surface area (Å²) in [5, 5.41) is 0.